The first-order valence-corrected chi connectivity index (χ1v) is 7.08. The molecular formula is C13H15NO4S. The molecule has 102 valence electrons. The van der Waals surface area contributed by atoms with E-state index in [2.05, 4.69) is 0 Å². The monoisotopic (exact) mass is 281 g/mol. The fraction of sp³-hybridized carbons (Fsp3) is 0.385. The molecule has 1 amide bonds. The fourth-order valence-electron chi connectivity index (χ4n) is 1.85. The number of nitrogens with zero attached hydrogens (tertiary/aromatic N) is 1. The molecule has 1 unspecified atom stereocenters. The van der Waals surface area contributed by atoms with Crippen molar-refractivity contribution in [1.29, 1.82) is 0 Å². The van der Waals surface area contributed by atoms with Crippen LogP contribution < -0.4 is 4.74 Å². The van der Waals surface area contributed by atoms with Crippen molar-refractivity contribution >= 4 is 23.6 Å². The number of hydrogen-bond acceptors (Lipinski definition) is 4. The lowest BCUT2D eigenvalue weighted by molar-refractivity contribution is -0.150. The fourth-order valence-corrected chi connectivity index (χ4v) is 3.01. The first-order valence-electron chi connectivity index (χ1n) is 5.92. The second-order valence-electron chi connectivity index (χ2n) is 4.24. The number of thioether (sulfide) groups is 1. The molecule has 1 aliphatic rings. The zero-order valence-corrected chi connectivity index (χ0v) is 11.3. The van der Waals surface area contributed by atoms with Gasteiger partial charge in [-0.2, -0.15) is 0 Å². The molecule has 0 aliphatic carbocycles. The van der Waals surface area contributed by atoms with Crippen LogP contribution in [0.3, 0.4) is 0 Å². The van der Waals surface area contributed by atoms with E-state index >= 15 is 0 Å². The summed E-state index contributed by atoms with van der Waals surface area (Å²) in [7, 11) is 0. The Balaban J connectivity index is 2.01. The Hall–Kier alpha value is -1.69. The molecule has 0 radical (unpaired) electrons. The van der Waals surface area contributed by atoms with E-state index in [-0.39, 0.29) is 5.91 Å². The van der Waals surface area contributed by atoms with Gasteiger partial charge in [0.05, 0.1) is 5.88 Å². The summed E-state index contributed by atoms with van der Waals surface area (Å²) < 4.78 is 5.52. The van der Waals surface area contributed by atoms with Gasteiger partial charge in [0, 0.05) is 5.75 Å². The van der Waals surface area contributed by atoms with Crippen molar-refractivity contribution in [1.82, 2.24) is 4.90 Å². The van der Waals surface area contributed by atoms with Crippen LogP contribution >= 0.6 is 11.8 Å². The molecule has 1 saturated heterocycles. The highest BCUT2D eigenvalue weighted by Crippen LogP contribution is 2.23. The molecular weight excluding hydrogens is 266 g/mol. The molecule has 1 fully saturated rings. The third-order valence-electron chi connectivity index (χ3n) is 2.85. The maximum atomic E-state index is 12.2. The number of carbonyl (C=O) groups is 2. The Morgan fingerprint density at radius 3 is 2.74 bits per heavy atom. The lowest BCUT2D eigenvalue weighted by Gasteiger charge is -2.24. The van der Waals surface area contributed by atoms with Crippen molar-refractivity contribution in [3.05, 3.63) is 30.3 Å². The zero-order chi connectivity index (χ0) is 13.8. The number of amides is 1. The third kappa shape index (κ3) is 3.20. The minimum atomic E-state index is -0.967. The summed E-state index contributed by atoms with van der Waals surface area (Å²) in [5.74, 6) is 0.172. The smallest absolute Gasteiger partial charge is 0.327 e. The summed E-state index contributed by atoms with van der Waals surface area (Å²) in [6, 6.07) is 8.27. The zero-order valence-electron chi connectivity index (χ0n) is 10.5. The molecule has 1 aliphatic heterocycles. The van der Waals surface area contributed by atoms with E-state index in [0.29, 0.717) is 17.4 Å². The van der Waals surface area contributed by atoms with Crippen LogP contribution in [0.4, 0.5) is 0 Å². The number of rotatable bonds is 4. The second kappa shape index (κ2) is 5.97. The molecule has 0 spiro atoms. The Kier molecular flexibility index (Phi) is 4.31. The summed E-state index contributed by atoms with van der Waals surface area (Å²) in [6.45, 7) is 1.64. The lowest BCUT2D eigenvalue weighted by atomic mass is 10.2. The molecule has 1 aromatic carbocycles. The lowest BCUT2D eigenvalue weighted by Crippen LogP contribution is -2.47. The van der Waals surface area contributed by atoms with E-state index in [9.17, 15) is 9.59 Å². The van der Waals surface area contributed by atoms with E-state index in [1.807, 2.05) is 18.2 Å². The van der Waals surface area contributed by atoms with Gasteiger partial charge in [-0.3, -0.25) is 4.79 Å². The van der Waals surface area contributed by atoms with Gasteiger partial charge in [-0.1, -0.05) is 18.2 Å². The summed E-state index contributed by atoms with van der Waals surface area (Å²) in [5.41, 5.74) is 0. The number of hydrogen-bond donors (Lipinski definition) is 1. The van der Waals surface area contributed by atoms with Crippen LogP contribution in [0.25, 0.3) is 0 Å². The quantitative estimate of drug-likeness (QED) is 0.904. The number of ether oxygens (including phenoxy) is 1. The molecule has 6 heteroatoms. The van der Waals surface area contributed by atoms with E-state index in [1.165, 1.54) is 16.7 Å². The van der Waals surface area contributed by atoms with Gasteiger partial charge in [0.15, 0.2) is 6.10 Å². The minimum Gasteiger partial charge on any atom is -0.481 e. The Morgan fingerprint density at radius 1 is 1.42 bits per heavy atom. The standard InChI is InChI=1S/C13H15NO4S/c1-9(18-10-5-3-2-4-6-10)12(15)14-8-19-7-11(14)13(16)17/h2-6,9,11H,7-8H2,1H3,(H,16,17)/t9?,11-/m0/s1. The topological polar surface area (TPSA) is 66.8 Å². The summed E-state index contributed by atoms with van der Waals surface area (Å²) in [5, 5.41) is 9.06. The maximum absolute atomic E-state index is 12.2. The summed E-state index contributed by atoms with van der Waals surface area (Å²) >= 11 is 1.44. The molecule has 1 N–H and O–H groups in total. The predicted molar refractivity (Wildman–Crippen MR) is 72.1 cm³/mol. The molecule has 2 rings (SSSR count). The molecule has 2 atom stereocenters. The van der Waals surface area contributed by atoms with E-state index in [4.69, 9.17) is 9.84 Å². The number of aliphatic carboxylic acids is 1. The van der Waals surface area contributed by atoms with Gasteiger partial charge in [-0.05, 0) is 19.1 Å². The molecule has 0 saturated carbocycles. The van der Waals surface area contributed by atoms with Crippen molar-refractivity contribution in [3.63, 3.8) is 0 Å². The summed E-state index contributed by atoms with van der Waals surface area (Å²) in [4.78, 5) is 24.6. The second-order valence-corrected chi connectivity index (χ2v) is 5.23. The molecule has 0 aromatic heterocycles. The van der Waals surface area contributed by atoms with Crippen molar-refractivity contribution in [3.8, 4) is 5.75 Å². The van der Waals surface area contributed by atoms with Crippen LogP contribution in [0.5, 0.6) is 5.75 Å². The van der Waals surface area contributed by atoms with Crippen molar-refractivity contribution in [2.24, 2.45) is 0 Å². The summed E-state index contributed by atoms with van der Waals surface area (Å²) in [6.07, 6.45) is -0.692. The molecule has 0 bridgehead atoms. The Labute approximate surface area is 115 Å². The van der Waals surface area contributed by atoms with Crippen LogP contribution in [0.1, 0.15) is 6.92 Å². The van der Waals surface area contributed by atoms with Crippen LogP contribution in [-0.4, -0.2) is 45.7 Å². The number of carbonyl (C=O) groups excluding carboxylic acids is 1. The van der Waals surface area contributed by atoms with Crippen molar-refractivity contribution in [2.75, 3.05) is 11.6 Å². The first-order chi connectivity index (χ1) is 9.09. The number of carboxylic acids is 1. The largest absolute Gasteiger partial charge is 0.481 e. The molecule has 1 aromatic rings. The van der Waals surface area contributed by atoms with Gasteiger partial charge in [0.1, 0.15) is 11.8 Å². The maximum Gasteiger partial charge on any atom is 0.327 e. The SMILES string of the molecule is CC(Oc1ccccc1)C(=O)N1CSC[C@H]1C(=O)O. The van der Waals surface area contributed by atoms with Crippen molar-refractivity contribution < 1.29 is 19.4 Å². The van der Waals surface area contributed by atoms with E-state index in [0.717, 1.165) is 0 Å². The molecule has 5 nitrogen and oxygen atoms in total. The van der Waals surface area contributed by atoms with Gasteiger partial charge in [-0.25, -0.2) is 4.79 Å². The average Bonchev–Trinajstić information content (AvgIpc) is 2.88. The minimum absolute atomic E-state index is 0.291. The van der Waals surface area contributed by atoms with E-state index < -0.39 is 18.1 Å². The highest BCUT2D eigenvalue weighted by molar-refractivity contribution is 7.99. The van der Waals surface area contributed by atoms with Crippen LogP contribution in [0.2, 0.25) is 0 Å². The molecule has 19 heavy (non-hydrogen) atoms. The normalized spacial score (nSPS) is 20.1. The Bertz CT molecular complexity index is 465. The number of para-hydroxylation sites is 1. The van der Waals surface area contributed by atoms with Crippen LogP contribution in [-0.2, 0) is 9.59 Å². The highest BCUT2D eigenvalue weighted by Gasteiger charge is 2.37. The van der Waals surface area contributed by atoms with Gasteiger partial charge in [0.25, 0.3) is 5.91 Å². The van der Waals surface area contributed by atoms with Gasteiger partial charge in [-0.15, -0.1) is 11.8 Å². The molecule has 1 heterocycles. The predicted octanol–water partition coefficient (Wildman–Crippen LogP) is 1.44. The van der Waals surface area contributed by atoms with Crippen LogP contribution in [0, 0.1) is 0 Å². The van der Waals surface area contributed by atoms with Gasteiger partial charge >= 0.3 is 5.97 Å². The third-order valence-corrected chi connectivity index (χ3v) is 3.87. The van der Waals surface area contributed by atoms with Gasteiger partial charge in [0.2, 0.25) is 0 Å². The highest BCUT2D eigenvalue weighted by atomic mass is 32.2. The van der Waals surface area contributed by atoms with Crippen LogP contribution in [0.15, 0.2) is 30.3 Å². The number of benzene rings is 1. The van der Waals surface area contributed by atoms with Crippen molar-refractivity contribution in [2.45, 2.75) is 19.1 Å². The number of carboxylic acid groups (broad SMARTS) is 1. The average molecular weight is 281 g/mol. The first kappa shape index (κ1) is 13.7. The van der Waals surface area contributed by atoms with Gasteiger partial charge < -0.3 is 14.7 Å². The van der Waals surface area contributed by atoms with E-state index in [1.54, 1.807) is 19.1 Å². The Morgan fingerprint density at radius 2 is 2.11 bits per heavy atom.